The molecule has 0 atom stereocenters. The van der Waals surface area contributed by atoms with E-state index in [9.17, 15) is 9.59 Å². The lowest BCUT2D eigenvalue weighted by molar-refractivity contribution is -0.116. The molecule has 182 valence electrons. The third kappa shape index (κ3) is 7.90. The summed E-state index contributed by atoms with van der Waals surface area (Å²) in [7, 11) is 1.71. The summed E-state index contributed by atoms with van der Waals surface area (Å²) in [5, 5.41) is 3.04. The molecule has 0 unspecified atom stereocenters. The largest absolute Gasteiger partial charge is 0.378 e. The van der Waals surface area contributed by atoms with Crippen molar-refractivity contribution in [3.63, 3.8) is 0 Å². The molecule has 0 aliphatic carbocycles. The van der Waals surface area contributed by atoms with Crippen LogP contribution < -0.4 is 15.8 Å². The number of carbonyl (C=O) groups is 1. The topological polar surface area (TPSA) is 92.6 Å². The first kappa shape index (κ1) is 26.9. The van der Waals surface area contributed by atoms with Gasteiger partial charge in [0, 0.05) is 50.3 Å². The molecule has 33 heavy (non-hydrogen) atoms. The minimum Gasteiger partial charge on any atom is -0.378 e. The molecule has 2 aromatic rings. The molecule has 0 amide bonds. The van der Waals surface area contributed by atoms with Crippen molar-refractivity contribution >= 4 is 39.0 Å². The van der Waals surface area contributed by atoms with E-state index in [0.29, 0.717) is 24.0 Å². The monoisotopic (exact) mass is 522 g/mol. The number of hydrogen-bond acceptors (Lipinski definition) is 8. The van der Waals surface area contributed by atoms with E-state index in [1.807, 2.05) is 20.8 Å². The molecule has 2 aliphatic heterocycles. The van der Waals surface area contributed by atoms with Crippen LogP contribution in [0.1, 0.15) is 34.1 Å². The van der Waals surface area contributed by atoms with Crippen molar-refractivity contribution in [1.82, 2.24) is 19.4 Å². The number of Topliss-reactive ketones (excluding diaryl/α,β-unsaturated/α-hetero) is 1. The van der Waals surface area contributed by atoms with Gasteiger partial charge in [0.05, 0.1) is 31.6 Å². The number of ether oxygens (including phenoxy) is 1. The van der Waals surface area contributed by atoms with Crippen LogP contribution in [-0.4, -0.2) is 70.7 Å². The van der Waals surface area contributed by atoms with Crippen LogP contribution in [0.15, 0.2) is 33.9 Å². The van der Waals surface area contributed by atoms with Crippen LogP contribution in [0.2, 0.25) is 0 Å². The maximum atomic E-state index is 12.2. The molecule has 0 saturated carbocycles. The van der Waals surface area contributed by atoms with E-state index in [4.69, 9.17) is 4.74 Å². The highest BCUT2D eigenvalue weighted by Crippen LogP contribution is 2.19. The van der Waals surface area contributed by atoms with Gasteiger partial charge in [0.25, 0.3) is 5.56 Å². The number of piperazine rings is 1. The summed E-state index contributed by atoms with van der Waals surface area (Å²) in [5.74, 6) is 1.67. The van der Waals surface area contributed by atoms with Crippen LogP contribution >= 0.6 is 15.9 Å². The van der Waals surface area contributed by atoms with Crippen molar-refractivity contribution in [2.24, 2.45) is 7.05 Å². The fraction of sp³-hybridized carbons (Fsp3) is 0.565. The second-order valence-corrected chi connectivity index (χ2v) is 8.56. The Morgan fingerprint density at radius 2 is 1.82 bits per heavy atom. The van der Waals surface area contributed by atoms with Crippen molar-refractivity contribution in [1.29, 1.82) is 0 Å². The van der Waals surface area contributed by atoms with Gasteiger partial charge >= 0.3 is 0 Å². The third-order valence-corrected chi connectivity index (χ3v) is 5.76. The van der Waals surface area contributed by atoms with Gasteiger partial charge in [-0.3, -0.25) is 9.69 Å². The molecule has 4 rings (SSSR count). The molecule has 0 radical (unpaired) electrons. The minimum absolute atomic E-state index is 0.116. The SMILES string of the molecule is CC.CCC(C)=O.Cn1cc(Br)cc(Nc2cnc(N3CCN(C4COC4)CC3)cn2)c1=O. The number of rotatable bonds is 5. The number of nitrogens with one attached hydrogen (secondary N) is 1. The van der Waals surface area contributed by atoms with Gasteiger partial charge in [0.1, 0.15) is 23.1 Å². The summed E-state index contributed by atoms with van der Waals surface area (Å²) in [5.41, 5.74) is 0.343. The Hall–Kier alpha value is -2.30. The van der Waals surface area contributed by atoms with Crippen LogP contribution in [0, 0.1) is 0 Å². The van der Waals surface area contributed by atoms with Crippen molar-refractivity contribution in [2.75, 3.05) is 49.6 Å². The van der Waals surface area contributed by atoms with Gasteiger partial charge in [-0.25, -0.2) is 9.97 Å². The molecule has 0 aromatic carbocycles. The van der Waals surface area contributed by atoms with Crippen LogP contribution in [0.5, 0.6) is 0 Å². The fourth-order valence-electron chi connectivity index (χ4n) is 3.20. The maximum Gasteiger partial charge on any atom is 0.274 e. The standard InChI is InChI=1S/C17H21BrN6O2.C4H8O.C2H6/c1-22-9-12(18)6-14(17(22)25)21-15-7-20-16(8-19-15)24-4-2-23(3-5-24)13-10-26-11-13;1-3-4(2)5;1-2/h6-9,13H,2-5,10-11H2,1H3,(H,19,21);3H2,1-2H3;1-2H3. The van der Waals surface area contributed by atoms with Crippen molar-refractivity contribution < 1.29 is 9.53 Å². The Bertz CT molecular complexity index is 938. The number of pyridine rings is 1. The minimum atomic E-state index is -0.116. The van der Waals surface area contributed by atoms with Gasteiger partial charge in [-0.05, 0) is 28.9 Å². The number of nitrogens with zero attached hydrogens (tertiary/aromatic N) is 5. The summed E-state index contributed by atoms with van der Waals surface area (Å²) >= 11 is 3.39. The van der Waals surface area contributed by atoms with E-state index in [1.165, 1.54) is 4.57 Å². The molecule has 0 spiro atoms. The molecular weight excluding hydrogens is 488 g/mol. The second-order valence-electron chi connectivity index (χ2n) is 7.64. The van der Waals surface area contributed by atoms with Crippen LogP contribution in [0.25, 0.3) is 0 Å². The van der Waals surface area contributed by atoms with Gasteiger partial charge in [0.2, 0.25) is 0 Å². The van der Waals surface area contributed by atoms with E-state index < -0.39 is 0 Å². The van der Waals surface area contributed by atoms with Crippen molar-refractivity contribution in [2.45, 2.75) is 40.2 Å². The van der Waals surface area contributed by atoms with Gasteiger partial charge in [-0.2, -0.15) is 0 Å². The number of hydrogen-bond donors (Lipinski definition) is 1. The lowest BCUT2D eigenvalue weighted by atomic mass is 10.2. The molecule has 2 fully saturated rings. The van der Waals surface area contributed by atoms with Gasteiger partial charge in [-0.1, -0.05) is 20.8 Å². The zero-order valence-corrected chi connectivity index (χ0v) is 21.8. The average molecular weight is 523 g/mol. The van der Waals surface area contributed by atoms with Crippen LogP contribution in [0.3, 0.4) is 0 Å². The first-order valence-corrected chi connectivity index (χ1v) is 12.2. The van der Waals surface area contributed by atoms with Crippen molar-refractivity contribution in [3.8, 4) is 0 Å². The highest BCUT2D eigenvalue weighted by molar-refractivity contribution is 9.10. The fourth-order valence-corrected chi connectivity index (χ4v) is 3.73. The number of anilines is 3. The zero-order valence-electron chi connectivity index (χ0n) is 20.2. The lowest BCUT2D eigenvalue weighted by Gasteiger charge is -2.42. The molecule has 2 aromatic heterocycles. The number of aryl methyl sites for hydroxylation is 1. The van der Waals surface area contributed by atoms with Crippen LogP contribution in [-0.2, 0) is 16.6 Å². The van der Waals surface area contributed by atoms with Gasteiger partial charge in [0.15, 0.2) is 0 Å². The van der Waals surface area contributed by atoms with Crippen LogP contribution in [0.4, 0.5) is 17.3 Å². The molecule has 2 saturated heterocycles. The second kappa shape index (κ2) is 13.4. The zero-order chi connectivity index (χ0) is 24.4. The predicted molar refractivity (Wildman–Crippen MR) is 135 cm³/mol. The summed E-state index contributed by atoms with van der Waals surface area (Å²) in [6.07, 6.45) is 5.81. The number of aromatic nitrogens is 3. The van der Waals surface area contributed by atoms with E-state index >= 15 is 0 Å². The number of ketones is 1. The molecule has 0 bridgehead atoms. The Kier molecular flexibility index (Phi) is 11.0. The molecular formula is C23H35BrN6O3. The quantitative estimate of drug-likeness (QED) is 0.639. The molecule has 9 nitrogen and oxygen atoms in total. The first-order chi connectivity index (χ1) is 15.9. The molecule has 2 aliphatic rings. The number of carbonyl (C=O) groups excluding carboxylic acids is 1. The number of halogens is 1. The normalized spacial score (nSPS) is 16.0. The summed E-state index contributed by atoms with van der Waals surface area (Å²) in [4.78, 5) is 35.6. The molecule has 4 heterocycles. The Labute approximate surface area is 204 Å². The van der Waals surface area contributed by atoms with Crippen molar-refractivity contribution in [3.05, 3.63) is 39.5 Å². The summed E-state index contributed by atoms with van der Waals surface area (Å²) < 4.78 is 7.61. The Morgan fingerprint density at radius 3 is 2.30 bits per heavy atom. The van der Waals surface area contributed by atoms with Gasteiger partial charge in [-0.15, -0.1) is 0 Å². The third-order valence-electron chi connectivity index (χ3n) is 5.32. The molecule has 10 heteroatoms. The highest BCUT2D eigenvalue weighted by atomic mass is 79.9. The predicted octanol–water partition coefficient (Wildman–Crippen LogP) is 3.21. The summed E-state index contributed by atoms with van der Waals surface area (Å²) in [6.45, 7) is 13.1. The lowest BCUT2D eigenvalue weighted by Crippen LogP contribution is -2.56. The first-order valence-electron chi connectivity index (χ1n) is 11.4. The van der Waals surface area contributed by atoms with E-state index in [1.54, 1.807) is 38.6 Å². The Balaban J connectivity index is 0.000000489. The smallest absolute Gasteiger partial charge is 0.274 e. The van der Waals surface area contributed by atoms with E-state index in [2.05, 4.69) is 41.0 Å². The maximum absolute atomic E-state index is 12.2. The Morgan fingerprint density at radius 1 is 1.18 bits per heavy atom. The summed E-state index contributed by atoms with van der Waals surface area (Å²) in [6, 6.07) is 2.32. The van der Waals surface area contributed by atoms with E-state index in [0.717, 1.165) is 49.7 Å². The molecule has 1 N–H and O–H groups in total. The van der Waals surface area contributed by atoms with E-state index in [-0.39, 0.29) is 11.3 Å². The average Bonchev–Trinajstić information content (AvgIpc) is 2.79. The van der Waals surface area contributed by atoms with Gasteiger partial charge < -0.3 is 24.3 Å². The highest BCUT2D eigenvalue weighted by Gasteiger charge is 2.29.